The van der Waals surface area contributed by atoms with Crippen molar-refractivity contribution in [1.29, 1.82) is 0 Å². The van der Waals surface area contributed by atoms with Crippen LogP contribution in [0.1, 0.15) is 19.7 Å². The van der Waals surface area contributed by atoms with Gasteiger partial charge in [0.2, 0.25) is 15.8 Å². The highest BCUT2D eigenvalue weighted by molar-refractivity contribution is 7.98. The van der Waals surface area contributed by atoms with Crippen LogP contribution >= 0.6 is 11.8 Å². The zero-order valence-corrected chi connectivity index (χ0v) is 19.6. The summed E-state index contributed by atoms with van der Waals surface area (Å²) in [4.78, 5) is 17.5. The number of hydrogen-bond acceptors (Lipinski definition) is 7. The van der Waals surface area contributed by atoms with Crippen molar-refractivity contribution in [3.05, 3.63) is 58.6 Å². The molecule has 0 bridgehead atoms. The van der Waals surface area contributed by atoms with Crippen LogP contribution in [-0.2, 0) is 28.9 Å². The number of imidazole rings is 1. The number of primary sulfonamides is 1. The highest BCUT2D eigenvalue weighted by Crippen LogP contribution is 2.28. The lowest BCUT2D eigenvalue weighted by Gasteiger charge is -2.09. The van der Waals surface area contributed by atoms with Crippen molar-refractivity contribution in [2.75, 3.05) is 0 Å². The summed E-state index contributed by atoms with van der Waals surface area (Å²) in [5.41, 5.74) is 2.04. The zero-order chi connectivity index (χ0) is 23.3. The van der Waals surface area contributed by atoms with Gasteiger partial charge in [0.15, 0.2) is 5.16 Å². The quantitative estimate of drug-likeness (QED) is 0.367. The minimum atomic E-state index is -3.81. The Kier molecular flexibility index (Phi) is 5.22. The molecule has 10 nitrogen and oxygen atoms in total. The fourth-order valence-corrected chi connectivity index (χ4v) is 5.53. The van der Waals surface area contributed by atoms with Gasteiger partial charge in [-0.05, 0) is 44.2 Å². The van der Waals surface area contributed by atoms with Crippen molar-refractivity contribution < 1.29 is 8.42 Å². The van der Waals surface area contributed by atoms with E-state index in [9.17, 15) is 13.2 Å². The van der Waals surface area contributed by atoms with Crippen molar-refractivity contribution in [1.82, 2.24) is 28.7 Å². The van der Waals surface area contributed by atoms with E-state index in [4.69, 9.17) is 5.14 Å². The summed E-state index contributed by atoms with van der Waals surface area (Å²) in [6, 6.07) is 12.1. The number of fused-ring (bicyclic) bond motifs is 4. The first kappa shape index (κ1) is 21.6. The van der Waals surface area contributed by atoms with E-state index < -0.39 is 10.0 Å². The number of thioether (sulfide) groups is 1. The molecule has 0 spiro atoms. The normalized spacial score (nSPS) is 12.3. The first-order chi connectivity index (χ1) is 15.8. The number of aryl methyl sites for hydroxylation is 2. The van der Waals surface area contributed by atoms with Crippen LogP contribution in [0.15, 0.2) is 57.3 Å². The molecule has 2 aromatic carbocycles. The van der Waals surface area contributed by atoms with E-state index in [0.29, 0.717) is 41.3 Å². The van der Waals surface area contributed by atoms with Crippen LogP contribution in [0.3, 0.4) is 0 Å². The van der Waals surface area contributed by atoms with E-state index in [0.717, 1.165) is 16.2 Å². The van der Waals surface area contributed by atoms with Gasteiger partial charge in [-0.1, -0.05) is 23.9 Å². The molecule has 5 rings (SSSR count). The molecule has 33 heavy (non-hydrogen) atoms. The molecule has 0 aliphatic heterocycles. The maximum absolute atomic E-state index is 12.9. The summed E-state index contributed by atoms with van der Waals surface area (Å²) in [5, 5.41) is 15.3. The van der Waals surface area contributed by atoms with Crippen LogP contribution in [0.4, 0.5) is 0 Å². The summed E-state index contributed by atoms with van der Waals surface area (Å²) >= 11 is 1.47. The highest BCUT2D eigenvalue weighted by atomic mass is 32.2. The Labute approximate surface area is 193 Å². The monoisotopic (exact) mass is 483 g/mol. The molecule has 3 heterocycles. The van der Waals surface area contributed by atoms with E-state index in [1.807, 2.05) is 41.0 Å². The second-order valence-electron chi connectivity index (χ2n) is 7.44. The molecule has 0 amide bonds. The lowest BCUT2D eigenvalue weighted by molar-refractivity contribution is 0.598. The van der Waals surface area contributed by atoms with Gasteiger partial charge in [-0.15, -0.1) is 10.2 Å². The van der Waals surface area contributed by atoms with E-state index in [1.165, 1.54) is 23.9 Å². The highest BCUT2D eigenvalue weighted by Gasteiger charge is 2.18. The number of nitrogens with zero attached hydrogens (tertiary/aromatic N) is 6. The van der Waals surface area contributed by atoms with Gasteiger partial charge in [-0.2, -0.15) is 0 Å². The topological polar surface area (TPSA) is 130 Å². The van der Waals surface area contributed by atoms with E-state index in [1.54, 1.807) is 16.7 Å². The van der Waals surface area contributed by atoms with Gasteiger partial charge in [-0.25, -0.2) is 18.5 Å². The predicted octanol–water partition coefficient (Wildman–Crippen LogP) is 2.37. The molecule has 2 N–H and O–H groups in total. The maximum Gasteiger partial charge on any atom is 0.262 e. The van der Waals surface area contributed by atoms with E-state index in [2.05, 4.69) is 15.2 Å². The van der Waals surface area contributed by atoms with Crippen molar-refractivity contribution in [2.45, 2.75) is 42.7 Å². The fourth-order valence-electron chi connectivity index (χ4n) is 4.00. The third-order valence-electron chi connectivity index (χ3n) is 5.55. The third kappa shape index (κ3) is 3.50. The van der Waals surface area contributed by atoms with Crippen LogP contribution in [0.25, 0.3) is 27.7 Å². The lowest BCUT2D eigenvalue weighted by atomic mass is 10.2. The molecule has 0 aliphatic carbocycles. The molecule has 0 unspecified atom stereocenters. The standard InChI is InChI=1S/C21H21N7O3S2/c1-3-26-17-10-9-13(33(22,30)31)11-15(17)23-21(26)32-12-18-24-25-20-27(4-2)19(29)14-7-5-6-8-16(14)28(18)20/h5-11H,3-4,12H2,1-2H3,(H2,22,30,31). The Morgan fingerprint density at radius 3 is 2.48 bits per heavy atom. The molecule has 170 valence electrons. The Bertz CT molecular complexity index is 1700. The summed E-state index contributed by atoms with van der Waals surface area (Å²) in [6.07, 6.45) is 0. The molecule has 0 atom stereocenters. The third-order valence-corrected chi connectivity index (χ3v) is 7.43. The minimum absolute atomic E-state index is 0.0276. The minimum Gasteiger partial charge on any atom is -0.319 e. The van der Waals surface area contributed by atoms with Gasteiger partial charge in [0, 0.05) is 13.1 Å². The SMILES string of the molecule is CCn1c(SCc2nnc3n(CC)c(=O)c4ccccc4n23)nc2cc(S(N)(=O)=O)ccc21. The second-order valence-corrected chi connectivity index (χ2v) is 9.94. The van der Waals surface area contributed by atoms with Crippen LogP contribution in [0, 0.1) is 0 Å². The average Bonchev–Trinajstić information content (AvgIpc) is 3.38. The molecule has 0 saturated carbocycles. The molecule has 12 heteroatoms. The smallest absolute Gasteiger partial charge is 0.262 e. The number of nitrogens with two attached hydrogens (primary N) is 1. The Morgan fingerprint density at radius 2 is 1.76 bits per heavy atom. The maximum atomic E-state index is 12.9. The van der Waals surface area contributed by atoms with Crippen molar-refractivity contribution in [3.8, 4) is 0 Å². The van der Waals surface area contributed by atoms with Gasteiger partial charge >= 0.3 is 0 Å². The van der Waals surface area contributed by atoms with Crippen LogP contribution in [0.2, 0.25) is 0 Å². The van der Waals surface area contributed by atoms with Crippen LogP contribution < -0.4 is 10.7 Å². The van der Waals surface area contributed by atoms with Crippen LogP contribution in [-0.4, -0.2) is 37.1 Å². The van der Waals surface area contributed by atoms with Gasteiger partial charge in [0.1, 0.15) is 5.82 Å². The molecular weight excluding hydrogens is 462 g/mol. The molecule has 0 fully saturated rings. The number of benzene rings is 2. The second kappa shape index (κ2) is 7.97. The Hall–Kier alpha value is -3.22. The number of sulfonamides is 1. The van der Waals surface area contributed by atoms with Gasteiger partial charge < -0.3 is 4.57 Å². The van der Waals surface area contributed by atoms with E-state index in [-0.39, 0.29) is 10.5 Å². The van der Waals surface area contributed by atoms with Gasteiger partial charge in [0.25, 0.3) is 5.56 Å². The molecule has 3 aromatic heterocycles. The number of rotatable bonds is 6. The summed E-state index contributed by atoms with van der Waals surface area (Å²) < 4.78 is 29.0. The first-order valence-corrected chi connectivity index (χ1v) is 12.9. The average molecular weight is 484 g/mol. The van der Waals surface area contributed by atoms with Crippen molar-refractivity contribution in [3.63, 3.8) is 0 Å². The summed E-state index contributed by atoms with van der Waals surface area (Å²) in [5.74, 6) is 1.64. The van der Waals surface area contributed by atoms with Crippen molar-refractivity contribution >= 4 is 49.5 Å². The summed E-state index contributed by atoms with van der Waals surface area (Å²) in [7, 11) is -3.81. The molecule has 5 aromatic rings. The van der Waals surface area contributed by atoms with Gasteiger partial charge in [0.05, 0.1) is 32.6 Å². The predicted molar refractivity (Wildman–Crippen MR) is 127 cm³/mol. The Balaban J connectivity index is 1.59. The number of para-hydroxylation sites is 1. The molecule has 0 saturated heterocycles. The number of hydrogen-bond donors (Lipinski definition) is 1. The van der Waals surface area contributed by atoms with Gasteiger partial charge in [-0.3, -0.25) is 13.8 Å². The molecule has 0 aliphatic rings. The largest absolute Gasteiger partial charge is 0.319 e. The number of aromatic nitrogens is 6. The summed E-state index contributed by atoms with van der Waals surface area (Å²) in [6.45, 7) is 5.04. The fraction of sp³-hybridized carbons (Fsp3) is 0.238. The van der Waals surface area contributed by atoms with Crippen LogP contribution in [0.5, 0.6) is 0 Å². The molecule has 0 radical (unpaired) electrons. The van der Waals surface area contributed by atoms with Crippen molar-refractivity contribution in [2.24, 2.45) is 5.14 Å². The van der Waals surface area contributed by atoms with E-state index >= 15 is 0 Å². The zero-order valence-electron chi connectivity index (χ0n) is 18.0. The Morgan fingerprint density at radius 1 is 1.00 bits per heavy atom. The molecular formula is C21H21N7O3S2. The lowest BCUT2D eigenvalue weighted by Crippen LogP contribution is -2.22. The first-order valence-electron chi connectivity index (χ1n) is 10.3.